The van der Waals surface area contributed by atoms with Crippen LogP contribution in [0.3, 0.4) is 0 Å². The predicted octanol–water partition coefficient (Wildman–Crippen LogP) is 5.76. The highest BCUT2D eigenvalue weighted by molar-refractivity contribution is 5.96. The molecule has 6 atom stereocenters. The molecule has 0 radical (unpaired) electrons. The zero-order valence-electron chi connectivity index (χ0n) is 40.9. The number of hydrogen-bond acceptors (Lipinski definition) is 11. The van der Waals surface area contributed by atoms with E-state index in [1.807, 2.05) is 37.8 Å². The van der Waals surface area contributed by atoms with E-state index < -0.39 is 29.5 Å². The van der Waals surface area contributed by atoms with Crippen molar-refractivity contribution in [2.75, 3.05) is 53.0 Å². The Morgan fingerprint density at radius 3 is 2.57 bits per heavy atom. The molecule has 6 bridgehead atoms. The Bertz CT molecular complexity index is 2570. The number of amides is 3. The van der Waals surface area contributed by atoms with Crippen LogP contribution in [0.2, 0.25) is 0 Å². The summed E-state index contributed by atoms with van der Waals surface area (Å²) in [4.78, 5) is 65.9. The van der Waals surface area contributed by atoms with Gasteiger partial charge >= 0.3 is 5.97 Å². The Morgan fingerprint density at radius 2 is 1.82 bits per heavy atom. The molecule has 9 rings (SSSR count). The third-order valence-corrected chi connectivity index (χ3v) is 15.1. The molecule has 1 spiro atoms. The van der Waals surface area contributed by atoms with Crippen molar-refractivity contribution in [3.05, 3.63) is 71.5 Å². The van der Waals surface area contributed by atoms with E-state index in [2.05, 4.69) is 70.6 Å². The predicted molar refractivity (Wildman–Crippen MR) is 260 cm³/mol. The van der Waals surface area contributed by atoms with E-state index >= 15 is 0 Å². The lowest BCUT2D eigenvalue weighted by Gasteiger charge is -2.41. The third-order valence-electron chi connectivity index (χ3n) is 15.1. The lowest BCUT2D eigenvalue weighted by molar-refractivity contribution is -0.155. The fraction of sp³-hybridized carbons (Fsp3) is 0.566. The summed E-state index contributed by atoms with van der Waals surface area (Å²) in [6.07, 6.45) is 6.07. The number of likely N-dealkylation sites (tertiary alicyclic amines) is 2. The van der Waals surface area contributed by atoms with Crippen LogP contribution in [0.15, 0.2) is 54.7 Å². The average molecular weight is 931 g/mol. The fourth-order valence-electron chi connectivity index (χ4n) is 11.6. The molecule has 15 nitrogen and oxygen atoms in total. The smallest absolute Gasteiger partial charge is 0.324 e. The number of nitrogens with zero attached hydrogens (tertiary/aromatic N) is 5. The topological polar surface area (TPSA) is 181 Å². The van der Waals surface area contributed by atoms with E-state index in [1.54, 1.807) is 25.4 Å². The van der Waals surface area contributed by atoms with Crippen LogP contribution in [0.4, 0.5) is 0 Å². The maximum absolute atomic E-state index is 14.9. The van der Waals surface area contributed by atoms with Gasteiger partial charge in [-0.3, -0.25) is 34.1 Å². The maximum atomic E-state index is 14.9. The molecule has 5 aliphatic rings. The van der Waals surface area contributed by atoms with Crippen LogP contribution in [-0.4, -0.2) is 130 Å². The second-order valence-electron chi connectivity index (χ2n) is 21.3. The number of fused-ring (bicyclic) bond motifs is 6. The SMILES string of the molecule is CCn1c(-c2cccnc2[C@H](C)OC)c2c3cc(ccc31)-c1cc(O)cc(c1)C[C@H](NC(=O)C(C(C)C)N1CC[C@]3(CCCN(C(=O)[C@H]4CN4)C3)C1)C(=O)N1CCC[C@H](N1)C(=O)OCC(C)(C)C2. The second-order valence-corrected chi connectivity index (χ2v) is 21.3. The Labute approximate surface area is 400 Å². The number of aryl methyl sites for hydroxylation is 1. The molecule has 68 heavy (non-hydrogen) atoms. The number of hydrazine groups is 1. The fourth-order valence-corrected chi connectivity index (χ4v) is 11.6. The molecule has 7 heterocycles. The number of phenolic OH excluding ortho intramolecular Hbond substituents is 1. The summed E-state index contributed by atoms with van der Waals surface area (Å²) in [7, 11) is 1.69. The number of hydrogen-bond donors (Lipinski definition) is 4. The molecule has 2 aromatic heterocycles. The average Bonchev–Trinajstić information content (AvgIpc) is 4.05. The number of carbonyl (C=O) groups excluding carboxylic acids is 4. The molecule has 4 saturated heterocycles. The minimum absolute atomic E-state index is 0.0464. The number of carbonyl (C=O) groups is 4. The quantitative estimate of drug-likeness (QED) is 0.118. The van der Waals surface area contributed by atoms with E-state index in [0.717, 1.165) is 76.9 Å². The van der Waals surface area contributed by atoms with Gasteiger partial charge in [-0.05, 0) is 123 Å². The van der Waals surface area contributed by atoms with E-state index in [-0.39, 0.29) is 60.0 Å². The van der Waals surface area contributed by atoms with Crippen LogP contribution in [-0.2, 0) is 48.0 Å². The van der Waals surface area contributed by atoms with Crippen molar-refractivity contribution in [2.45, 2.75) is 123 Å². The normalized spacial score (nSPS) is 25.3. The highest BCUT2D eigenvalue weighted by Gasteiger charge is 2.48. The number of esters is 1. The van der Waals surface area contributed by atoms with E-state index in [9.17, 15) is 24.3 Å². The summed E-state index contributed by atoms with van der Waals surface area (Å²) in [6, 6.07) is 13.4. The molecule has 4 fully saturated rings. The standard InChI is InChI=1S/C53H70N8O7/c1-8-60-44-15-14-35-26-39(44)40(47(60)38-12-9-18-54-45(38)33(4)67-7)27-52(5,6)31-68-51(66)41-13-10-20-61(57-41)50(65)42(24-34-22-36(35)25-37(62)23-34)56-48(63)46(32(2)3)58-21-17-53(29-58)16-11-19-59(30-53)49(64)43-28-55-43/h9,12,14-15,18,22-23,25-26,32-33,41-43,46,55,57,62H,8,10-11,13,16-17,19-21,24,27-31H2,1-7H3,(H,56,63)/t33-,41-,42-,43+,46?,53+/m0/s1. The third kappa shape index (κ3) is 9.64. The van der Waals surface area contributed by atoms with Gasteiger partial charge in [-0.15, -0.1) is 0 Å². The summed E-state index contributed by atoms with van der Waals surface area (Å²) >= 11 is 0. The number of aromatic hydroxyl groups is 1. The molecule has 0 aliphatic carbocycles. The highest BCUT2D eigenvalue weighted by Crippen LogP contribution is 2.43. The minimum Gasteiger partial charge on any atom is -0.508 e. The lowest BCUT2D eigenvalue weighted by atomic mass is 9.79. The number of aromatic nitrogens is 2. The Hall–Kier alpha value is -5.35. The molecule has 5 aliphatic heterocycles. The van der Waals surface area contributed by atoms with Crippen molar-refractivity contribution in [3.63, 3.8) is 0 Å². The first-order valence-electron chi connectivity index (χ1n) is 24.8. The van der Waals surface area contributed by atoms with Crippen molar-refractivity contribution in [3.8, 4) is 28.1 Å². The van der Waals surface area contributed by atoms with Crippen molar-refractivity contribution >= 4 is 34.6 Å². The molecule has 15 heteroatoms. The van der Waals surface area contributed by atoms with Crippen molar-refractivity contribution in [1.29, 1.82) is 0 Å². The number of methoxy groups -OCH3 is 1. The van der Waals surface area contributed by atoms with Gasteiger partial charge in [0.15, 0.2) is 0 Å². The summed E-state index contributed by atoms with van der Waals surface area (Å²) in [6.45, 7) is 17.2. The van der Waals surface area contributed by atoms with Crippen molar-refractivity contribution in [1.82, 2.24) is 40.4 Å². The molecule has 2 aromatic carbocycles. The van der Waals surface area contributed by atoms with Crippen molar-refractivity contribution < 1.29 is 33.8 Å². The molecule has 0 saturated carbocycles. The van der Waals surface area contributed by atoms with Crippen LogP contribution in [0, 0.1) is 16.7 Å². The second kappa shape index (κ2) is 19.2. The largest absolute Gasteiger partial charge is 0.508 e. The van der Waals surface area contributed by atoms with Crippen LogP contribution in [0.5, 0.6) is 5.75 Å². The number of ether oxygens (including phenoxy) is 2. The molecule has 364 valence electrons. The van der Waals surface area contributed by atoms with Gasteiger partial charge in [-0.2, -0.15) is 0 Å². The summed E-state index contributed by atoms with van der Waals surface area (Å²) in [5.41, 5.74) is 9.88. The summed E-state index contributed by atoms with van der Waals surface area (Å²) in [5.74, 6) is -0.898. The van der Waals surface area contributed by atoms with Gasteiger partial charge in [0, 0.05) is 86.3 Å². The minimum atomic E-state index is -1.03. The van der Waals surface area contributed by atoms with Crippen LogP contribution < -0.4 is 16.1 Å². The molecule has 4 aromatic rings. The van der Waals surface area contributed by atoms with E-state index in [4.69, 9.17) is 14.5 Å². The van der Waals surface area contributed by atoms with Gasteiger partial charge in [-0.1, -0.05) is 39.8 Å². The number of phenols is 1. The van der Waals surface area contributed by atoms with Gasteiger partial charge < -0.3 is 34.7 Å². The molecular formula is C53H70N8O7. The molecule has 1 unspecified atom stereocenters. The van der Waals surface area contributed by atoms with E-state index in [0.29, 0.717) is 57.5 Å². The lowest BCUT2D eigenvalue weighted by Crippen LogP contribution is -2.62. The molecular weight excluding hydrogens is 861 g/mol. The zero-order chi connectivity index (χ0) is 48.1. The Morgan fingerprint density at radius 1 is 1.01 bits per heavy atom. The van der Waals surface area contributed by atoms with Gasteiger partial charge in [0.2, 0.25) is 11.8 Å². The van der Waals surface area contributed by atoms with Crippen LogP contribution in [0.25, 0.3) is 33.3 Å². The van der Waals surface area contributed by atoms with Crippen LogP contribution in [0.1, 0.15) is 96.6 Å². The number of rotatable bonds is 9. The number of benzene rings is 2. The Balaban J connectivity index is 1.09. The number of cyclic esters (lactones) is 1. The molecule has 4 N–H and O–H groups in total. The number of piperidine rings is 1. The number of pyridine rings is 1. The van der Waals surface area contributed by atoms with Crippen molar-refractivity contribution in [2.24, 2.45) is 16.7 Å². The van der Waals surface area contributed by atoms with Gasteiger partial charge in [0.25, 0.3) is 5.91 Å². The monoisotopic (exact) mass is 931 g/mol. The molecule has 3 amide bonds. The Kier molecular flexibility index (Phi) is 13.5. The first kappa shape index (κ1) is 47.7. The van der Waals surface area contributed by atoms with Gasteiger partial charge in [0.05, 0.1) is 36.2 Å². The van der Waals surface area contributed by atoms with E-state index in [1.165, 1.54) is 5.01 Å². The highest BCUT2D eigenvalue weighted by atomic mass is 16.5. The zero-order valence-corrected chi connectivity index (χ0v) is 40.9. The summed E-state index contributed by atoms with van der Waals surface area (Å²) in [5, 5.41) is 20.3. The summed E-state index contributed by atoms with van der Waals surface area (Å²) < 4.78 is 14.3. The van der Waals surface area contributed by atoms with Gasteiger partial charge in [0.1, 0.15) is 17.8 Å². The first-order valence-corrected chi connectivity index (χ1v) is 24.8. The van der Waals surface area contributed by atoms with Gasteiger partial charge in [-0.25, -0.2) is 5.43 Å². The van der Waals surface area contributed by atoms with Crippen LogP contribution >= 0.6 is 0 Å². The number of nitrogens with one attached hydrogen (secondary N) is 3. The maximum Gasteiger partial charge on any atom is 0.324 e. The first-order chi connectivity index (χ1) is 32.6.